The normalized spacial score (nSPS) is 11.6. The first-order chi connectivity index (χ1) is 15.8. The van der Waals surface area contributed by atoms with E-state index in [1.165, 1.54) is 11.8 Å². The number of carbonyl (C=O) groups is 2. The van der Waals surface area contributed by atoms with Gasteiger partial charge in [0.1, 0.15) is 0 Å². The second kappa shape index (κ2) is 11.2. The summed E-state index contributed by atoms with van der Waals surface area (Å²) in [5.74, 6) is 0.384. The molecular formula is C24H26ClN5O2S. The number of halogens is 1. The van der Waals surface area contributed by atoms with E-state index in [1.807, 2.05) is 43.5 Å². The van der Waals surface area contributed by atoms with Gasteiger partial charge < -0.3 is 15.2 Å². The van der Waals surface area contributed by atoms with Crippen LogP contribution >= 0.6 is 23.4 Å². The summed E-state index contributed by atoms with van der Waals surface area (Å²) in [6.45, 7) is 10.0. The minimum Gasteiger partial charge on any atom is -0.342 e. The van der Waals surface area contributed by atoms with Crippen molar-refractivity contribution in [1.82, 2.24) is 20.1 Å². The monoisotopic (exact) mass is 483 g/mol. The molecule has 9 heteroatoms. The SMILES string of the molecule is C=CCn1c(SCC(=O)Nc2c(C)cccc2C)nnc1[C@H](C)NC(=O)c1ccc(Cl)cc1. The number of nitrogens with zero attached hydrogens (tertiary/aromatic N) is 3. The summed E-state index contributed by atoms with van der Waals surface area (Å²) in [5.41, 5.74) is 3.35. The van der Waals surface area contributed by atoms with E-state index in [0.717, 1.165) is 16.8 Å². The van der Waals surface area contributed by atoms with Crippen molar-refractivity contribution in [3.8, 4) is 0 Å². The van der Waals surface area contributed by atoms with Crippen LogP contribution in [0.25, 0.3) is 0 Å². The summed E-state index contributed by atoms with van der Waals surface area (Å²) in [5, 5.41) is 15.5. The van der Waals surface area contributed by atoms with Crippen LogP contribution in [-0.4, -0.2) is 32.3 Å². The second-order valence-corrected chi connectivity index (χ2v) is 8.92. The number of nitrogens with one attached hydrogen (secondary N) is 2. The van der Waals surface area contributed by atoms with Gasteiger partial charge >= 0.3 is 0 Å². The number of hydrogen-bond donors (Lipinski definition) is 2. The van der Waals surface area contributed by atoms with Crippen molar-refractivity contribution in [3.05, 3.63) is 82.7 Å². The molecule has 0 unspecified atom stereocenters. The number of rotatable bonds is 9. The van der Waals surface area contributed by atoms with Crippen LogP contribution in [0.2, 0.25) is 5.02 Å². The quantitative estimate of drug-likeness (QED) is 0.332. The van der Waals surface area contributed by atoms with E-state index in [9.17, 15) is 9.59 Å². The lowest BCUT2D eigenvalue weighted by molar-refractivity contribution is -0.113. The van der Waals surface area contributed by atoms with Gasteiger partial charge in [0.2, 0.25) is 5.91 Å². The van der Waals surface area contributed by atoms with E-state index in [2.05, 4.69) is 27.4 Å². The number of anilines is 1. The van der Waals surface area contributed by atoms with Crippen LogP contribution in [0.4, 0.5) is 5.69 Å². The Kier molecular flexibility index (Phi) is 8.30. The predicted molar refractivity (Wildman–Crippen MR) is 133 cm³/mol. The number of allylic oxidation sites excluding steroid dienone is 1. The first kappa shape index (κ1) is 24.5. The summed E-state index contributed by atoms with van der Waals surface area (Å²) >= 11 is 7.18. The molecule has 0 bridgehead atoms. The fraction of sp³-hybridized carbons (Fsp3) is 0.250. The molecule has 3 rings (SSSR count). The molecule has 0 radical (unpaired) electrons. The Morgan fingerprint density at radius 2 is 1.82 bits per heavy atom. The fourth-order valence-corrected chi connectivity index (χ4v) is 4.17. The average Bonchev–Trinajstić information content (AvgIpc) is 3.18. The number of benzene rings is 2. The maximum Gasteiger partial charge on any atom is 0.251 e. The van der Waals surface area contributed by atoms with Crippen LogP contribution in [0.3, 0.4) is 0 Å². The van der Waals surface area contributed by atoms with Gasteiger partial charge in [0, 0.05) is 22.8 Å². The van der Waals surface area contributed by atoms with E-state index in [4.69, 9.17) is 11.6 Å². The summed E-state index contributed by atoms with van der Waals surface area (Å²) < 4.78 is 1.84. The highest BCUT2D eigenvalue weighted by Gasteiger charge is 2.20. The molecule has 0 fully saturated rings. The molecule has 0 saturated heterocycles. The van der Waals surface area contributed by atoms with Gasteiger partial charge in [0.15, 0.2) is 11.0 Å². The lowest BCUT2D eigenvalue weighted by Crippen LogP contribution is -2.28. The maximum absolute atomic E-state index is 12.6. The molecule has 0 aliphatic rings. The van der Waals surface area contributed by atoms with Crippen molar-refractivity contribution in [1.29, 1.82) is 0 Å². The van der Waals surface area contributed by atoms with Gasteiger partial charge in [-0.2, -0.15) is 0 Å². The minimum atomic E-state index is -0.404. The van der Waals surface area contributed by atoms with Gasteiger partial charge in [0.25, 0.3) is 5.91 Å². The van der Waals surface area contributed by atoms with Crippen LogP contribution in [0.5, 0.6) is 0 Å². The number of hydrogen-bond acceptors (Lipinski definition) is 5. The zero-order chi connectivity index (χ0) is 24.0. The van der Waals surface area contributed by atoms with Crippen molar-refractivity contribution in [3.63, 3.8) is 0 Å². The van der Waals surface area contributed by atoms with Gasteiger partial charge in [-0.05, 0) is 56.2 Å². The Morgan fingerprint density at radius 3 is 2.45 bits per heavy atom. The lowest BCUT2D eigenvalue weighted by atomic mass is 10.1. The molecule has 3 aromatic rings. The second-order valence-electron chi connectivity index (χ2n) is 7.55. The molecule has 2 aromatic carbocycles. The maximum atomic E-state index is 12.6. The highest BCUT2D eigenvalue weighted by molar-refractivity contribution is 7.99. The summed E-state index contributed by atoms with van der Waals surface area (Å²) in [7, 11) is 0. The van der Waals surface area contributed by atoms with Crippen molar-refractivity contribution in [2.24, 2.45) is 0 Å². The Morgan fingerprint density at radius 1 is 1.15 bits per heavy atom. The third kappa shape index (κ3) is 6.24. The molecule has 1 aromatic heterocycles. The smallest absolute Gasteiger partial charge is 0.251 e. The van der Waals surface area contributed by atoms with Gasteiger partial charge in [0.05, 0.1) is 11.8 Å². The number of para-hydroxylation sites is 1. The minimum absolute atomic E-state index is 0.129. The van der Waals surface area contributed by atoms with Gasteiger partial charge in [-0.3, -0.25) is 9.59 Å². The van der Waals surface area contributed by atoms with Crippen LogP contribution in [-0.2, 0) is 11.3 Å². The largest absolute Gasteiger partial charge is 0.342 e. The Bertz CT molecular complexity index is 1140. The first-order valence-electron chi connectivity index (χ1n) is 10.4. The number of aromatic nitrogens is 3. The predicted octanol–water partition coefficient (Wildman–Crippen LogP) is 4.96. The van der Waals surface area contributed by atoms with Crippen molar-refractivity contribution < 1.29 is 9.59 Å². The Labute approximate surface area is 202 Å². The first-order valence-corrected chi connectivity index (χ1v) is 11.8. The average molecular weight is 484 g/mol. The van der Waals surface area contributed by atoms with Crippen LogP contribution in [0.15, 0.2) is 60.3 Å². The molecule has 2 N–H and O–H groups in total. The van der Waals surface area contributed by atoms with Gasteiger partial charge in [-0.15, -0.1) is 16.8 Å². The number of amides is 2. The number of thioether (sulfide) groups is 1. The molecule has 0 spiro atoms. The molecule has 2 amide bonds. The van der Waals surface area contributed by atoms with Crippen LogP contribution < -0.4 is 10.6 Å². The van der Waals surface area contributed by atoms with Gasteiger partial charge in [-0.25, -0.2) is 0 Å². The van der Waals surface area contributed by atoms with E-state index in [1.54, 1.807) is 30.3 Å². The van der Waals surface area contributed by atoms with Crippen LogP contribution in [0, 0.1) is 13.8 Å². The number of aryl methyl sites for hydroxylation is 2. The standard InChI is InChI=1S/C24H26ClN5O2S/c1-5-13-30-22(17(4)26-23(32)18-9-11-19(25)12-10-18)28-29-24(30)33-14-20(31)27-21-15(2)7-6-8-16(21)3/h5-12,17H,1,13-14H2,2-4H3,(H,26,32)(H,27,31)/t17-/m0/s1. The van der Waals surface area contributed by atoms with Crippen molar-refractivity contribution >= 4 is 40.9 Å². The molecule has 0 aliphatic carbocycles. The van der Waals surface area contributed by atoms with Crippen molar-refractivity contribution in [2.75, 3.05) is 11.1 Å². The summed E-state index contributed by atoms with van der Waals surface area (Å²) in [4.78, 5) is 25.1. The van der Waals surface area contributed by atoms with E-state index < -0.39 is 6.04 Å². The molecule has 0 saturated carbocycles. The molecule has 33 heavy (non-hydrogen) atoms. The molecular weight excluding hydrogens is 458 g/mol. The molecule has 1 heterocycles. The van der Waals surface area contributed by atoms with E-state index in [0.29, 0.717) is 28.1 Å². The molecule has 172 valence electrons. The third-order valence-electron chi connectivity index (χ3n) is 4.98. The highest BCUT2D eigenvalue weighted by Crippen LogP contribution is 2.23. The van der Waals surface area contributed by atoms with Gasteiger partial charge in [-0.1, -0.05) is 47.6 Å². The third-order valence-corrected chi connectivity index (χ3v) is 6.20. The van der Waals surface area contributed by atoms with Crippen molar-refractivity contribution in [2.45, 2.75) is 38.5 Å². The summed E-state index contributed by atoms with van der Waals surface area (Å²) in [6.07, 6.45) is 1.72. The summed E-state index contributed by atoms with van der Waals surface area (Å²) in [6, 6.07) is 12.1. The molecule has 7 nitrogen and oxygen atoms in total. The van der Waals surface area contributed by atoms with E-state index in [-0.39, 0.29) is 17.6 Å². The zero-order valence-electron chi connectivity index (χ0n) is 18.8. The topological polar surface area (TPSA) is 88.9 Å². The fourth-order valence-electron chi connectivity index (χ4n) is 3.29. The number of carbonyl (C=O) groups excluding carboxylic acids is 2. The molecule has 0 aliphatic heterocycles. The van der Waals surface area contributed by atoms with E-state index >= 15 is 0 Å². The molecule has 1 atom stereocenters. The Hall–Kier alpha value is -3.10. The zero-order valence-corrected chi connectivity index (χ0v) is 20.3. The highest BCUT2D eigenvalue weighted by atomic mass is 35.5. The van der Waals surface area contributed by atoms with Crippen LogP contribution in [0.1, 0.15) is 40.3 Å². The Balaban J connectivity index is 1.68. The lowest BCUT2D eigenvalue weighted by Gasteiger charge is -2.15.